The van der Waals surface area contributed by atoms with E-state index < -0.39 is 29.6 Å². The van der Waals surface area contributed by atoms with E-state index in [0.29, 0.717) is 4.90 Å². The summed E-state index contributed by atoms with van der Waals surface area (Å²) < 4.78 is 67.6. The van der Waals surface area contributed by atoms with E-state index in [1.807, 2.05) is 0 Å². The third kappa shape index (κ3) is 4.27. The average Bonchev–Trinajstić information content (AvgIpc) is 2.86. The number of hydrogen-bond donors (Lipinski definition) is 0. The number of hydrogen-bond acceptors (Lipinski definition) is 3. The second-order valence-electron chi connectivity index (χ2n) is 7.96. The normalized spacial score (nSPS) is 24.4. The first-order valence-electron chi connectivity index (χ1n) is 8.42. The molecule has 2 aliphatic rings. The Labute approximate surface area is 149 Å². The molecule has 0 spiro atoms. The van der Waals surface area contributed by atoms with Gasteiger partial charge in [0, 0.05) is 31.0 Å². The third-order valence-corrected chi connectivity index (χ3v) is 4.68. The first-order valence-corrected chi connectivity index (χ1v) is 8.42. The molecule has 1 amide bonds. The molecule has 1 saturated carbocycles. The van der Waals surface area contributed by atoms with Crippen LogP contribution in [0.15, 0.2) is 11.9 Å². The van der Waals surface area contributed by atoms with Crippen molar-refractivity contribution in [2.75, 3.05) is 6.54 Å². The van der Waals surface area contributed by atoms with Gasteiger partial charge in [-0.05, 0) is 18.8 Å². The Morgan fingerprint density at radius 2 is 1.81 bits per heavy atom. The van der Waals surface area contributed by atoms with Crippen molar-refractivity contribution in [2.45, 2.75) is 64.7 Å². The van der Waals surface area contributed by atoms with Gasteiger partial charge in [0.15, 0.2) is 0 Å². The quantitative estimate of drug-likeness (QED) is 0.674. The molecule has 2 rings (SSSR count). The first-order chi connectivity index (χ1) is 11.8. The number of allylic oxidation sites excluding steroid dienone is 1. The second-order valence-corrected chi connectivity index (χ2v) is 7.96. The van der Waals surface area contributed by atoms with Gasteiger partial charge in [-0.2, -0.15) is 18.4 Å². The van der Waals surface area contributed by atoms with Gasteiger partial charge in [0.25, 0.3) is 0 Å². The van der Waals surface area contributed by atoms with E-state index in [1.165, 1.54) is 20.8 Å². The Kier molecular flexibility index (Phi) is 5.28. The topological polar surface area (TPSA) is 47.3 Å². The number of nitriles is 1. The summed E-state index contributed by atoms with van der Waals surface area (Å²) in [6.45, 7) is 4.30. The molecule has 146 valence electrons. The maximum atomic E-state index is 13.7. The molecule has 1 heterocycles. The second kappa shape index (κ2) is 6.71. The van der Waals surface area contributed by atoms with Gasteiger partial charge in [-0.25, -0.2) is 8.78 Å². The molecule has 0 aromatic carbocycles. The molecule has 9 heteroatoms. The summed E-state index contributed by atoms with van der Waals surface area (Å²) in [7, 11) is 0. The molecular weight excluding hydrogens is 357 g/mol. The molecule has 0 aromatic rings. The van der Waals surface area contributed by atoms with Crippen LogP contribution in [-0.2, 0) is 4.79 Å². The van der Waals surface area contributed by atoms with Gasteiger partial charge in [-0.15, -0.1) is 0 Å². The molecule has 0 N–H and O–H groups in total. The average molecular weight is 379 g/mol. The Bertz CT molecular complexity index is 620. The fourth-order valence-electron chi connectivity index (χ4n) is 3.30. The highest BCUT2D eigenvalue weighted by molar-refractivity contribution is 5.84. The van der Waals surface area contributed by atoms with E-state index >= 15 is 0 Å². The van der Waals surface area contributed by atoms with Crippen LogP contribution in [0.25, 0.3) is 0 Å². The zero-order valence-corrected chi connectivity index (χ0v) is 14.9. The molecule has 1 fully saturated rings. The van der Waals surface area contributed by atoms with E-state index in [1.54, 1.807) is 6.07 Å². The van der Waals surface area contributed by atoms with Crippen molar-refractivity contribution in [1.82, 2.24) is 9.80 Å². The van der Waals surface area contributed by atoms with Gasteiger partial charge in [0.1, 0.15) is 11.8 Å². The van der Waals surface area contributed by atoms with Crippen LogP contribution in [0.2, 0.25) is 0 Å². The summed E-state index contributed by atoms with van der Waals surface area (Å²) in [5.41, 5.74) is -1.49. The number of halogens is 5. The van der Waals surface area contributed by atoms with Crippen molar-refractivity contribution in [3.05, 3.63) is 11.9 Å². The van der Waals surface area contributed by atoms with Crippen LogP contribution in [-0.4, -0.2) is 40.5 Å². The molecular formula is C17H22F5N3O. The minimum atomic E-state index is -4.78. The van der Waals surface area contributed by atoms with Crippen molar-refractivity contribution in [3.8, 4) is 6.07 Å². The Hall–Kier alpha value is -1.85. The van der Waals surface area contributed by atoms with Crippen molar-refractivity contribution >= 4 is 5.91 Å². The molecule has 0 bridgehead atoms. The van der Waals surface area contributed by atoms with Gasteiger partial charge in [-0.1, -0.05) is 20.8 Å². The van der Waals surface area contributed by atoms with E-state index in [2.05, 4.69) is 0 Å². The summed E-state index contributed by atoms with van der Waals surface area (Å²) in [5.74, 6) is -3.93. The highest BCUT2D eigenvalue weighted by Gasteiger charge is 2.55. The van der Waals surface area contributed by atoms with Gasteiger partial charge in [0.2, 0.25) is 18.0 Å². The fraction of sp³-hybridized carbons (Fsp3) is 0.765. The van der Waals surface area contributed by atoms with E-state index in [4.69, 9.17) is 0 Å². The Morgan fingerprint density at radius 1 is 1.27 bits per heavy atom. The number of carbonyl (C=O) groups excluding carboxylic acids is 1. The lowest BCUT2D eigenvalue weighted by Crippen LogP contribution is -2.55. The third-order valence-electron chi connectivity index (χ3n) is 4.68. The van der Waals surface area contributed by atoms with Gasteiger partial charge < -0.3 is 4.90 Å². The molecule has 26 heavy (non-hydrogen) atoms. The fourth-order valence-corrected chi connectivity index (χ4v) is 3.30. The van der Waals surface area contributed by atoms with Crippen LogP contribution in [0, 0.1) is 22.7 Å². The summed E-state index contributed by atoms with van der Waals surface area (Å²) in [4.78, 5) is 13.9. The summed E-state index contributed by atoms with van der Waals surface area (Å²) in [5, 5.41) is 9.22. The largest absolute Gasteiger partial charge is 0.428 e. The minimum Gasteiger partial charge on any atom is -0.347 e. The summed E-state index contributed by atoms with van der Waals surface area (Å²) in [6, 6.07) is 1.65. The molecule has 0 saturated heterocycles. The van der Waals surface area contributed by atoms with Gasteiger partial charge in [-0.3, -0.25) is 9.69 Å². The van der Waals surface area contributed by atoms with Crippen LogP contribution >= 0.6 is 0 Å². The summed E-state index contributed by atoms with van der Waals surface area (Å²) >= 11 is 0. The molecule has 1 aliphatic carbocycles. The summed E-state index contributed by atoms with van der Waals surface area (Å²) in [6.07, 6.45) is -6.55. The van der Waals surface area contributed by atoms with Gasteiger partial charge in [0.05, 0.1) is 0 Å². The van der Waals surface area contributed by atoms with E-state index in [0.717, 1.165) is 11.1 Å². The van der Waals surface area contributed by atoms with Crippen molar-refractivity contribution in [1.29, 1.82) is 5.26 Å². The first kappa shape index (κ1) is 20.5. The lowest BCUT2D eigenvalue weighted by atomic mass is 9.86. The lowest BCUT2D eigenvalue weighted by Gasteiger charge is -2.38. The van der Waals surface area contributed by atoms with Crippen molar-refractivity contribution < 1.29 is 26.7 Å². The number of alkyl halides is 5. The van der Waals surface area contributed by atoms with E-state index in [-0.39, 0.29) is 43.8 Å². The minimum absolute atomic E-state index is 0.108. The van der Waals surface area contributed by atoms with Crippen molar-refractivity contribution in [2.24, 2.45) is 11.3 Å². The molecule has 0 radical (unpaired) electrons. The Morgan fingerprint density at radius 3 is 2.23 bits per heavy atom. The zero-order chi connectivity index (χ0) is 19.9. The number of amides is 1. The number of carbonyl (C=O) groups is 1. The van der Waals surface area contributed by atoms with E-state index in [9.17, 15) is 32.0 Å². The molecule has 1 aliphatic heterocycles. The molecule has 0 aromatic heterocycles. The predicted octanol–water partition coefficient (Wildman–Crippen LogP) is 4.26. The molecule has 4 nitrogen and oxygen atoms in total. The van der Waals surface area contributed by atoms with Crippen LogP contribution < -0.4 is 0 Å². The van der Waals surface area contributed by atoms with Crippen LogP contribution in [0.3, 0.4) is 0 Å². The maximum absolute atomic E-state index is 13.7. The van der Waals surface area contributed by atoms with Crippen molar-refractivity contribution in [3.63, 3.8) is 0 Å². The molecule has 1 atom stereocenters. The highest BCUT2D eigenvalue weighted by Crippen LogP contribution is 2.41. The predicted molar refractivity (Wildman–Crippen MR) is 83.5 cm³/mol. The standard InChI is InChI=1S/C17H22F5N3O/c1-15(2,3)14(26)25-12(8-23)10-24(13(25)17(20,21)22)9-11-4-6-16(18,19)7-5-11/h10-11,13H,4-7,9H2,1-3H3. The Balaban J connectivity index is 2.27. The zero-order valence-electron chi connectivity index (χ0n) is 14.9. The number of nitrogens with zero attached hydrogens (tertiary/aromatic N) is 3. The monoisotopic (exact) mass is 379 g/mol. The highest BCUT2D eigenvalue weighted by atomic mass is 19.4. The van der Waals surface area contributed by atoms with Crippen LogP contribution in [0.1, 0.15) is 46.5 Å². The SMILES string of the molecule is CC(C)(C)C(=O)N1C(C#N)=CN(CC2CCC(F)(F)CC2)C1C(F)(F)F. The molecule has 1 unspecified atom stereocenters. The maximum Gasteiger partial charge on any atom is 0.428 e. The smallest absolute Gasteiger partial charge is 0.347 e. The lowest BCUT2D eigenvalue weighted by molar-refractivity contribution is -0.211. The van der Waals surface area contributed by atoms with Crippen LogP contribution in [0.4, 0.5) is 22.0 Å². The number of rotatable bonds is 2. The van der Waals surface area contributed by atoms with Crippen LogP contribution in [0.5, 0.6) is 0 Å². The van der Waals surface area contributed by atoms with Gasteiger partial charge >= 0.3 is 6.18 Å².